The van der Waals surface area contributed by atoms with Crippen molar-refractivity contribution in [1.82, 2.24) is 14.8 Å². The molecule has 0 fully saturated rings. The molecule has 0 saturated heterocycles. The molecule has 0 unspecified atom stereocenters. The van der Waals surface area contributed by atoms with Crippen LogP contribution in [0.15, 0.2) is 59.0 Å². The maximum Gasteiger partial charge on any atom is 0.586 e. The fourth-order valence-electron chi connectivity index (χ4n) is 5.03. The van der Waals surface area contributed by atoms with Gasteiger partial charge < -0.3 is 24.1 Å². The maximum atomic E-state index is 14.8. The van der Waals surface area contributed by atoms with E-state index in [9.17, 15) is 23.4 Å². The third-order valence-corrected chi connectivity index (χ3v) is 6.95. The first-order chi connectivity index (χ1) is 19.6. The van der Waals surface area contributed by atoms with E-state index in [1.54, 1.807) is 43.8 Å². The molecular weight excluding hydrogens is 539 g/mol. The van der Waals surface area contributed by atoms with Crippen LogP contribution in [0, 0.1) is 19.7 Å². The molecule has 210 valence electrons. The minimum Gasteiger partial charge on any atom is -0.440 e. The number of aryl methyl sites for hydroxylation is 3. The van der Waals surface area contributed by atoms with Crippen LogP contribution in [0.25, 0.3) is 45.0 Å². The second-order valence-corrected chi connectivity index (χ2v) is 9.71. The molecule has 1 aliphatic heterocycles. The molecule has 2 N–H and O–H groups in total. The molecule has 0 bridgehead atoms. The smallest absolute Gasteiger partial charge is 0.440 e. The van der Waals surface area contributed by atoms with E-state index in [4.69, 9.17) is 4.42 Å². The fourth-order valence-corrected chi connectivity index (χ4v) is 5.03. The largest absolute Gasteiger partial charge is 0.586 e. The number of aromatic nitrogens is 3. The van der Waals surface area contributed by atoms with E-state index in [1.807, 2.05) is 18.2 Å². The highest BCUT2D eigenvalue weighted by atomic mass is 19.3. The lowest BCUT2D eigenvalue weighted by molar-refractivity contribution is -0.286. The predicted molar refractivity (Wildman–Crippen MR) is 142 cm³/mol. The zero-order valence-corrected chi connectivity index (χ0v) is 22.2. The standard InChI is InChI=1S/C30H24F3N3O5/c1-15-8-19(10-24(31)23(15)14-38)17-4-6-21(25-12-20(13-37)35-36(25)3)22(9-17)29-28(34-16(2)39-29)18-5-7-26-27(11-18)41-30(32,33)40-26/h4-12,37-38H,13-14H2,1-3H3. The Balaban J connectivity index is 1.56. The van der Waals surface area contributed by atoms with Crippen LogP contribution in [0.3, 0.4) is 0 Å². The third kappa shape index (κ3) is 4.72. The number of ether oxygens (including phenoxy) is 2. The second kappa shape index (κ2) is 9.79. The van der Waals surface area contributed by atoms with E-state index in [2.05, 4.69) is 19.6 Å². The van der Waals surface area contributed by atoms with Crippen molar-refractivity contribution < 1.29 is 37.3 Å². The van der Waals surface area contributed by atoms with Gasteiger partial charge in [0, 0.05) is 36.2 Å². The molecule has 0 radical (unpaired) electrons. The summed E-state index contributed by atoms with van der Waals surface area (Å²) in [5, 5.41) is 23.6. The van der Waals surface area contributed by atoms with Crippen LogP contribution >= 0.6 is 0 Å². The number of oxazole rings is 1. The van der Waals surface area contributed by atoms with Crippen molar-refractivity contribution in [1.29, 1.82) is 0 Å². The lowest BCUT2D eigenvalue weighted by Gasteiger charge is -2.14. The first-order valence-corrected chi connectivity index (χ1v) is 12.6. The summed E-state index contributed by atoms with van der Waals surface area (Å²) in [5.41, 5.74) is 5.24. The van der Waals surface area contributed by atoms with Gasteiger partial charge in [0.1, 0.15) is 11.5 Å². The molecule has 1 aliphatic rings. The van der Waals surface area contributed by atoms with Crippen molar-refractivity contribution in [3.8, 4) is 56.5 Å². The summed E-state index contributed by atoms with van der Waals surface area (Å²) < 4.78 is 59.1. The molecule has 8 nitrogen and oxygen atoms in total. The molecule has 41 heavy (non-hydrogen) atoms. The Hall–Kier alpha value is -4.61. The average molecular weight is 564 g/mol. The zero-order chi connectivity index (χ0) is 29.1. The van der Waals surface area contributed by atoms with Crippen molar-refractivity contribution in [3.63, 3.8) is 0 Å². The van der Waals surface area contributed by atoms with Crippen LogP contribution in [0.5, 0.6) is 11.5 Å². The SMILES string of the molecule is Cc1nc(-c2ccc3c(c2)OC(F)(F)O3)c(-c2cc(-c3cc(C)c(CO)c(F)c3)ccc2-c2cc(CO)nn2C)o1. The first kappa shape index (κ1) is 26.6. The van der Waals surface area contributed by atoms with Crippen molar-refractivity contribution in [2.45, 2.75) is 33.4 Å². The summed E-state index contributed by atoms with van der Waals surface area (Å²) in [6.45, 7) is 2.71. The normalized spacial score (nSPS) is 13.7. The van der Waals surface area contributed by atoms with E-state index < -0.39 is 18.7 Å². The van der Waals surface area contributed by atoms with Crippen molar-refractivity contribution >= 4 is 0 Å². The minimum absolute atomic E-state index is 0.0988. The molecule has 0 saturated carbocycles. The number of halogens is 3. The Kier molecular flexibility index (Phi) is 6.35. The van der Waals surface area contributed by atoms with Gasteiger partial charge in [0.25, 0.3) is 0 Å². The van der Waals surface area contributed by atoms with Gasteiger partial charge in [-0.3, -0.25) is 4.68 Å². The molecule has 3 aromatic carbocycles. The van der Waals surface area contributed by atoms with Gasteiger partial charge in [0.2, 0.25) is 0 Å². The Morgan fingerprint density at radius 2 is 1.61 bits per heavy atom. The topological polar surface area (TPSA) is 103 Å². The van der Waals surface area contributed by atoms with Crippen molar-refractivity contribution in [2.24, 2.45) is 7.05 Å². The Labute approximate surface area is 232 Å². The molecule has 3 heterocycles. The fraction of sp³-hybridized carbons (Fsp3) is 0.200. The monoisotopic (exact) mass is 563 g/mol. The van der Waals surface area contributed by atoms with Gasteiger partial charge in [-0.25, -0.2) is 9.37 Å². The molecule has 0 spiro atoms. The maximum absolute atomic E-state index is 14.8. The van der Waals surface area contributed by atoms with E-state index in [0.717, 1.165) is 0 Å². The average Bonchev–Trinajstić information content (AvgIpc) is 3.60. The van der Waals surface area contributed by atoms with Gasteiger partial charge in [-0.1, -0.05) is 18.2 Å². The Morgan fingerprint density at radius 1 is 0.854 bits per heavy atom. The van der Waals surface area contributed by atoms with Crippen molar-refractivity contribution in [2.75, 3.05) is 0 Å². The van der Waals surface area contributed by atoms with Crippen LogP contribution in [0.1, 0.15) is 22.7 Å². The number of aliphatic hydroxyl groups excluding tert-OH is 2. The van der Waals surface area contributed by atoms with Gasteiger partial charge in [0.05, 0.1) is 24.6 Å². The third-order valence-electron chi connectivity index (χ3n) is 6.95. The summed E-state index contributed by atoms with van der Waals surface area (Å²) in [5.74, 6) is -0.105. The number of benzene rings is 3. The first-order valence-electron chi connectivity index (χ1n) is 12.6. The number of hydrogen-bond donors (Lipinski definition) is 2. The molecule has 0 amide bonds. The molecule has 11 heteroatoms. The Morgan fingerprint density at radius 3 is 2.32 bits per heavy atom. The van der Waals surface area contributed by atoms with Gasteiger partial charge >= 0.3 is 6.29 Å². The van der Waals surface area contributed by atoms with E-state index in [0.29, 0.717) is 62.1 Å². The molecule has 0 aliphatic carbocycles. The number of hydrogen-bond acceptors (Lipinski definition) is 7. The van der Waals surface area contributed by atoms with Gasteiger partial charge in [0.15, 0.2) is 23.1 Å². The van der Waals surface area contributed by atoms with Crippen LogP contribution in [-0.4, -0.2) is 31.3 Å². The Bertz CT molecular complexity index is 1790. The van der Waals surface area contributed by atoms with Gasteiger partial charge in [-0.2, -0.15) is 5.10 Å². The molecule has 2 aromatic heterocycles. The number of alkyl halides is 2. The van der Waals surface area contributed by atoms with Crippen LogP contribution in [0.4, 0.5) is 13.2 Å². The van der Waals surface area contributed by atoms with Gasteiger partial charge in [-0.15, -0.1) is 8.78 Å². The number of aliphatic hydroxyl groups is 2. The van der Waals surface area contributed by atoms with Gasteiger partial charge in [-0.05, 0) is 60.0 Å². The highest BCUT2D eigenvalue weighted by Crippen LogP contribution is 2.46. The van der Waals surface area contributed by atoms with E-state index in [1.165, 1.54) is 18.2 Å². The van der Waals surface area contributed by atoms with Crippen LogP contribution in [0.2, 0.25) is 0 Å². The number of nitrogens with zero attached hydrogens (tertiary/aromatic N) is 3. The molecule has 6 rings (SSSR count). The van der Waals surface area contributed by atoms with Crippen LogP contribution < -0.4 is 9.47 Å². The lowest BCUT2D eigenvalue weighted by Crippen LogP contribution is -2.25. The summed E-state index contributed by atoms with van der Waals surface area (Å²) in [4.78, 5) is 4.55. The van der Waals surface area contributed by atoms with Crippen molar-refractivity contribution in [3.05, 3.63) is 83.1 Å². The van der Waals surface area contributed by atoms with Crippen LogP contribution in [-0.2, 0) is 20.3 Å². The molecule has 5 aromatic rings. The lowest BCUT2D eigenvalue weighted by atomic mass is 9.93. The molecular formula is C30H24F3N3O5. The summed E-state index contributed by atoms with van der Waals surface area (Å²) in [6, 6.07) is 14.7. The minimum atomic E-state index is -3.77. The zero-order valence-electron chi connectivity index (χ0n) is 22.2. The summed E-state index contributed by atoms with van der Waals surface area (Å²) in [6.07, 6.45) is -3.77. The predicted octanol–water partition coefficient (Wildman–Crippen LogP) is 6.14. The number of fused-ring (bicyclic) bond motifs is 1. The summed E-state index contributed by atoms with van der Waals surface area (Å²) in [7, 11) is 1.74. The molecule has 0 atom stereocenters. The second-order valence-electron chi connectivity index (χ2n) is 9.71. The quantitative estimate of drug-likeness (QED) is 0.256. The highest BCUT2D eigenvalue weighted by molar-refractivity contribution is 5.90. The van der Waals surface area contributed by atoms with E-state index >= 15 is 0 Å². The highest BCUT2D eigenvalue weighted by Gasteiger charge is 2.43. The van der Waals surface area contributed by atoms with E-state index in [-0.39, 0.29) is 23.7 Å². The number of rotatable bonds is 6. The summed E-state index contributed by atoms with van der Waals surface area (Å²) >= 11 is 0.